The Morgan fingerprint density at radius 1 is 1.25 bits per heavy atom. The van der Waals surface area contributed by atoms with E-state index in [2.05, 4.69) is 42.2 Å². The first kappa shape index (κ1) is 18.5. The Morgan fingerprint density at radius 2 is 1.92 bits per heavy atom. The number of nitrogens with zero attached hydrogens (tertiary/aromatic N) is 2. The molecule has 6 heteroatoms. The molecule has 0 bridgehead atoms. The molecule has 0 saturated heterocycles. The van der Waals surface area contributed by atoms with Crippen LogP contribution < -0.4 is 5.32 Å². The summed E-state index contributed by atoms with van der Waals surface area (Å²) in [6, 6.07) is 7.87. The fourth-order valence-electron chi connectivity index (χ4n) is 2.47. The molecule has 24 heavy (non-hydrogen) atoms. The van der Waals surface area contributed by atoms with Crippen LogP contribution in [0.5, 0.6) is 0 Å². The predicted octanol–water partition coefficient (Wildman–Crippen LogP) is 4.25. The number of hydrogen-bond donors (Lipinski definition) is 1. The minimum Gasteiger partial charge on any atom is -0.447 e. The Kier molecular flexibility index (Phi) is 6.04. The smallest absolute Gasteiger partial charge is 0.411 e. The first-order valence-electron chi connectivity index (χ1n) is 8.12. The highest BCUT2D eigenvalue weighted by Crippen LogP contribution is 2.23. The molecule has 1 heterocycles. The van der Waals surface area contributed by atoms with Crippen LogP contribution in [-0.2, 0) is 10.2 Å². The normalized spacial score (nSPS) is 17.3. The van der Waals surface area contributed by atoms with Gasteiger partial charge in [-0.1, -0.05) is 44.9 Å². The minimum atomic E-state index is -0.420. The highest BCUT2D eigenvalue weighted by atomic mass is 32.2. The van der Waals surface area contributed by atoms with Crippen LogP contribution in [0.2, 0.25) is 0 Å². The third-order valence-corrected chi connectivity index (χ3v) is 4.89. The largest absolute Gasteiger partial charge is 0.447 e. The van der Waals surface area contributed by atoms with Crippen molar-refractivity contribution in [2.24, 2.45) is 0 Å². The summed E-state index contributed by atoms with van der Waals surface area (Å²) in [5, 5.41) is 2.76. The number of amides is 1. The predicted molar refractivity (Wildman–Crippen MR) is 101 cm³/mol. The van der Waals surface area contributed by atoms with Crippen molar-refractivity contribution in [3.05, 3.63) is 42.2 Å². The Hall–Kier alpha value is -1.82. The Labute approximate surface area is 149 Å². The van der Waals surface area contributed by atoms with Crippen molar-refractivity contribution in [2.45, 2.75) is 39.3 Å². The lowest BCUT2D eigenvalue weighted by atomic mass is 9.87. The van der Waals surface area contributed by atoms with Crippen LogP contribution in [0, 0.1) is 0 Å². The number of ether oxygens (including phenoxy) is 1. The van der Waals surface area contributed by atoms with Crippen molar-refractivity contribution >= 4 is 23.7 Å². The van der Waals surface area contributed by atoms with Crippen molar-refractivity contribution in [3.8, 4) is 0 Å². The molecule has 0 saturated carbocycles. The van der Waals surface area contributed by atoms with Gasteiger partial charge in [0, 0.05) is 24.3 Å². The van der Waals surface area contributed by atoms with Crippen LogP contribution in [-0.4, -0.2) is 40.9 Å². The molecule has 1 aromatic rings. The topological polar surface area (TPSA) is 44.8 Å². The summed E-state index contributed by atoms with van der Waals surface area (Å²) < 4.78 is 7.42. The maximum absolute atomic E-state index is 11.9. The standard InChI is InChI=1S/C18H27N3O2S/c1-14-20(10-11-21(14)24-5)12-13-23-17(22)19-16-8-6-15(7-9-16)18(2,3)4/h6-11,14H,12-13H2,1-5H3,(H,19,22). The summed E-state index contributed by atoms with van der Waals surface area (Å²) in [5.41, 5.74) is 2.08. The molecule has 1 aliphatic rings. The molecular formula is C18H27N3O2S. The van der Waals surface area contributed by atoms with Crippen LogP contribution in [0.1, 0.15) is 33.3 Å². The zero-order valence-corrected chi connectivity index (χ0v) is 15.9. The molecule has 1 N–H and O–H groups in total. The lowest BCUT2D eigenvalue weighted by Crippen LogP contribution is -2.35. The highest BCUT2D eigenvalue weighted by Gasteiger charge is 2.21. The van der Waals surface area contributed by atoms with Gasteiger partial charge in [0.25, 0.3) is 0 Å². The molecule has 0 spiro atoms. The maximum Gasteiger partial charge on any atom is 0.411 e. The maximum atomic E-state index is 11.9. The number of anilines is 1. The molecule has 1 unspecified atom stereocenters. The van der Waals surface area contributed by atoms with E-state index in [1.807, 2.05) is 42.9 Å². The van der Waals surface area contributed by atoms with E-state index in [0.29, 0.717) is 13.2 Å². The molecule has 0 radical (unpaired) electrons. The third-order valence-electron chi connectivity index (χ3n) is 4.04. The number of nitrogens with one attached hydrogen (secondary N) is 1. The summed E-state index contributed by atoms with van der Waals surface area (Å²) in [5.74, 6) is 0. The van der Waals surface area contributed by atoms with Gasteiger partial charge >= 0.3 is 6.09 Å². The van der Waals surface area contributed by atoms with Gasteiger partial charge in [0.2, 0.25) is 0 Å². The van der Waals surface area contributed by atoms with Crippen molar-refractivity contribution in [1.82, 2.24) is 9.21 Å². The fraction of sp³-hybridized carbons (Fsp3) is 0.500. The van der Waals surface area contributed by atoms with Gasteiger partial charge in [-0.25, -0.2) is 4.79 Å². The van der Waals surface area contributed by atoms with Gasteiger partial charge in [-0.2, -0.15) is 0 Å². The van der Waals surface area contributed by atoms with Crippen LogP contribution >= 0.6 is 11.9 Å². The molecule has 0 fully saturated rings. The Balaban J connectivity index is 1.75. The van der Waals surface area contributed by atoms with E-state index in [1.165, 1.54) is 5.56 Å². The summed E-state index contributed by atoms with van der Waals surface area (Å²) in [7, 11) is 0. The van der Waals surface area contributed by atoms with E-state index in [1.54, 1.807) is 11.9 Å². The van der Waals surface area contributed by atoms with E-state index in [4.69, 9.17) is 4.74 Å². The minimum absolute atomic E-state index is 0.101. The fourth-order valence-corrected chi connectivity index (χ4v) is 3.08. The van der Waals surface area contributed by atoms with Crippen molar-refractivity contribution in [3.63, 3.8) is 0 Å². The van der Waals surface area contributed by atoms with Gasteiger partial charge in [0.05, 0.1) is 6.54 Å². The van der Waals surface area contributed by atoms with Crippen molar-refractivity contribution in [2.75, 3.05) is 24.7 Å². The molecular weight excluding hydrogens is 322 g/mol. The van der Waals surface area contributed by atoms with Crippen molar-refractivity contribution < 1.29 is 9.53 Å². The Morgan fingerprint density at radius 3 is 2.46 bits per heavy atom. The monoisotopic (exact) mass is 349 g/mol. The number of carbonyl (C=O) groups is 1. The van der Waals surface area contributed by atoms with E-state index >= 15 is 0 Å². The zero-order valence-electron chi connectivity index (χ0n) is 15.1. The molecule has 0 aromatic heterocycles. The van der Waals surface area contributed by atoms with Crippen LogP contribution in [0.25, 0.3) is 0 Å². The molecule has 132 valence electrons. The van der Waals surface area contributed by atoms with Crippen LogP contribution in [0.15, 0.2) is 36.7 Å². The van der Waals surface area contributed by atoms with Gasteiger partial charge in [-0.05, 0) is 30.0 Å². The van der Waals surface area contributed by atoms with E-state index in [0.717, 1.165) is 5.69 Å². The third kappa shape index (κ3) is 4.84. The molecule has 5 nitrogen and oxygen atoms in total. The molecule has 1 amide bonds. The molecule has 1 aliphatic heterocycles. The molecule has 1 atom stereocenters. The van der Waals surface area contributed by atoms with Gasteiger partial charge in [0.1, 0.15) is 12.8 Å². The van der Waals surface area contributed by atoms with Gasteiger partial charge in [-0.3, -0.25) is 5.32 Å². The second kappa shape index (κ2) is 7.83. The van der Waals surface area contributed by atoms with E-state index in [9.17, 15) is 4.79 Å². The van der Waals surface area contributed by atoms with Crippen molar-refractivity contribution in [1.29, 1.82) is 0 Å². The van der Waals surface area contributed by atoms with Gasteiger partial charge in [-0.15, -0.1) is 0 Å². The first-order chi connectivity index (χ1) is 11.3. The second-order valence-electron chi connectivity index (χ2n) is 6.80. The van der Waals surface area contributed by atoms with Gasteiger partial charge in [0.15, 0.2) is 0 Å². The number of rotatable bonds is 5. The summed E-state index contributed by atoms with van der Waals surface area (Å²) >= 11 is 1.67. The molecule has 1 aromatic carbocycles. The second-order valence-corrected chi connectivity index (χ2v) is 7.59. The highest BCUT2D eigenvalue weighted by molar-refractivity contribution is 7.96. The Bertz CT molecular complexity index is 581. The average molecular weight is 350 g/mol. The first-order valence-corrected chi connectivity index (χ1v) is 9.30. The number of benzene rings is 1. The quantitative estimate of drug-likeness (QED) is 0.805. The lowest BCUT2D eigenvalue weighted by molar-refractivity contribution is 0.137. The van der Waals surface area contributed by atoms with Crippen LogP contribution in [0.4, 0.5) is 10.5 Å². The lowest BCUT2D eigenvalue weighted by Gasteiger charge is -2.27. The van der Waals surface area contributed by atoms with E-state index in [-0.39, 0.29) is 11.6 Å². The van der Waals surface area contributed by atoms with Gasteiger partial charge < -0.3 is 13.9 Å². The summed E-state index contributed by atoms with van der Waals surface area (Å²) in [6.45, 7) is 9.63. The summed E-state index contributed by atoms with van der Waals surface area (Å²) in [4.78, 5) is 14.0. The average Bonchev–Trinajstić information content (AvgIpc) is 2.87. The zero-order chi connectivity index (χ0) is 17.7. The number of carbonyl (C=O) groups excluding carboxylic acids is 1. The van der Waals surface area contributed by atoms with E-state index < -0.39 is 6.09 Å². The summed E-state index contributed by atoms with van der Waals surface area (Å²) in [6.07, 6.45) is 5.95. The molecule has 2 rings (SSSR count). The number of hydrogen-bond acceptors (Lipinski definition) is 5. The van der Waals surface area contributed by atoms with Crippen LogP contribution in [0.3, 0.4) is 0 Å². The molecule has 0 aliphatic carbocycles. The SMILES string of the molecule is CSN1C=CN(CCOC(=O)Nc2ccc(C(C)(C)C)cc2)C1C.